The summed E-state index contributed by atoms with van der Waals surface area (Å²) in [6.07, 6.45) is -2.48. The summed E-state index contributed by atoms with van der Waals surface area (Å²) in [5, 5.41) is 13.3. The maximum atomic E-state index is 12.9. The molecule has 1 aromatic carbocycles. The molecule has 5 rings (SSSR count). The largest absolute Gasteiger partial charge is 0.471 e. The highest BCUT2D eigenvalue weighted by molar-refractivity contribution is 6.24. The van der Waals surface area contributed by atoms with Crippen molar-refractivity contribution >= 4 is 17.5 Å². The molecule has 6 atom stereocenters. The molecular weight excluding hydrogens is 355 g/mol. The van der Waals surface area contributed by atoms with Crippen LogP contribution in [0.25, 0.3) is 0 Å². The first-order chi connectivity index (χ1) is 11.6. The molecule has 0 radical (unpaired) electrons. The number of aliphatic hydroxyl groups is 1. The van der Waals surface area contributed by atoms with Crippen LogP contribution >= 0.6 is 11.6 Å². The van der Waals surface area contributed by atoms with Crippen LogP contribution in [0.15, 0.2) is 30.3 Å². The summed E-state index contributed by atoms with van der Waals surface area (Å²) >= 11 is 6.74. The fourth-order valence-electron chi connectivity index (χ4n) is 5.63. The van der Waals surface area contributed by atoms with Crippen molar-refractivity contribution in [3.63, 3.8) is 0 Å². The van der Waals surface area contributed by atoms with Crippen LogP contribution in [-0.4, -0.2) is 27.7 Å². The van der Waals surface area contributed by atoms with Gasteiger partial charge in [0.2, 0.25) is 0 Å². The zero-order chi connectivity index (χ0) is 18.0. The third-order valence-corrected chi connectivity index (χ3v) is 6.81. The van der Waals surface area contributed by atoms with Crippen LogP contribution < -0.4 is 5.32 Å². The van der Waals surface area contributed by atoms with Crippen LogP contribution in [0.1, 0.15) is 37.3 Å². The molecule has 4 saturated carbocycles. The van der Waals surface area contributed by atoms with Crippen molar-refractivity contribution in [3.8, 4) is 0 Å². The van der Waals surface area contributed by atoms with Crippen molar-refractivity contribution in [2.24, 2.45) is 17.8 Å². The van der Waals surface area contributed by atoms with Crippen molar-refractivity contribution in [3.05, 3.63) is 35.9 Å². The molecule has 0 aromatic heterocycles. The maximum Gasteiger partial charge on any atom is 0.471 e. The smallest absolute Gasteiger partial charge is 0.389 e. The Morgan fingerprint density at radius 2 is 1.96 bits per heavy atom. The highest BCUT2D eigenvalue weighted by Crippen LogP contribution is 2.69. The van der Waals surface area contributed by atoms with Gasteiger partial charge in [0.05, 0.1) is 16.5 Å². The average molecular weight is 374 g/mol. The second-order valence-corrected chi connectivity index (χ2v) is 8.57. The van der Waals surface area contributed by atoms with E-state index in [2.05, 4.69) is 5.32 Å². The van der Waals surface area contributed by atoms with Gasteiger partial charge in [-0.25, -0.2) is 0 Å². The summed E-state index contributed by atoms with van der Waals surface area (Å²) in [6.45, 7) is 0. The Hall–Kier alpha value is -1.27. The van der Waals surface area contributed by atoms with E-state index in [1.54, 1.807) is 30.3 Å². The summed E-state index contributed by atoms with van der Waals surface area (Å²) in [5.41, 5.74) is -0.567. The molecular formula is C18H19ClF3NO2. The summed E-state index contributed by atoms with van der Waals surface area (Å²) in [5.74, 6) is -2.28. The molecule has 1 amide bonds. The lowest BCUT2D eigenvalue weighted by atomic mass is 9.68. The van der Waals surface area contributed by atoms with Gasteiger partial charge >= 0.3 is 12.1 Å². The lowest BCUT2D eigenvalue weighted by Crippen LogP contribution is -2.50. The fraction of sp³-hybridized carbons (Fsp3) is 0.611. The van der Waals surface area contributed by atoms with E-state index in [9.17, 15) is 23.1 Å². The number of amides is 1. The molecule has 25 heavy (non-hydrogen) atoms. The average Bonchev–Trinajstić information content (AvgIpc) is 2.83. The number of carbonyl (C=O) groups is 1. The van der Waals surface area contributed by atoms with Crippen molar-refractivity contribution in [1.29, 1.82) is 0 Å². The Labute approximate surface area is 148 Å². The van der Waals surface area contributed by atoms with Crippen molar-refractivity contribution in [2.75, 3.05) is 0 Å². The molecule has 136 valence electrons. The number of rotatable bonds is 3. The van der Waals surface area contributed by atoms with Crippen LogP contribution in [0.5, 0.6) is 0 Å². The van der Waals surface area contributed by atoms with E-state index >= 15 is 0 Å². The van der Waals surface area contributed by atoms with E-state index in [0.717, 1.165) is 12.8 Å². The number of carbonyl (C=O) groups excluding carboxylic acids is 1. The molecule has 2 unspecified atom stereocenters. The zero-order valence-corrected chi connectivity index (χ0v) is 14.1. The number of benzene rings is 1. The molecule has 3 nitrogen and oxygen atoms in total. The molecule has 4 fully saturated rings. The van der Waals surface area contributed by atoms with Crippen LogP contribution in [-0.2, 0) is 4.79 Å². The van der Waals surface area contributed by atoms with Gasteiger partial charge in [-0.1, -0.05) is 30.3 Å². The predicted octanol–water partition coefficient (Wildman–Crippen LogP) is 3.56. The standard InChI is InChI=1S/C18H19ClF3NO2/c19-16-7-10-6-12(16)13(17(25,8-10)9-16)14(11-4-2-1-3-5-11)23-15(24)18(20,21)22/h1-5,10,12-14,25H,6-9H2,(H,23,24)/t10?,12?,13-,14+,16-,17+/m1/s1. The normalized spacial score (nSPS) is 40.3. The van der Waals surface area contributed by atoms with E-state index in [1.807, 2.05) is 0 Å². The SMILES string of the molecule is O=C(N[C@@H](c1ccccc1)[C@H]1C2CC3C[C@@]2(Cl)C[C@@]1(O)C3)C(F)(F)F. The number of nitrogens with one attached hydrogen (secondary N) is 1. The summed E-state index contributed by atoms with van der Waals surface area (Å²) < 4.78 is 38.6. The third kappa shape index (κ3) is 2.65. The maximum absolute atomic E-state index is 12.9. The Balaban J connectivity index is 1.73. The molecule has 0 saturated heterocycles. The number of halogens is 4. The number of hydrogen-bond acceptors (Lipinski definition) is 2. The highest BCUT2D eigenvalue weighted by atomic mass is 35.5. The van der Waals surface area contributed by atoms with Gasteiger partial charge in [-0.05, 0) is 43.1 Å². The molecule has 0 heterocycles. The molecule has 4 aliphatic carbocycles. The van der Waals surface area contributed by atoms with E-state index in [1.165, 1.54) is 0 Å². The summed E-state index contributed by atoms with van der Waals surface area (Å²) in [6, 6.07) is 7.65. The minimum atomic E-state index is -4.97. The van der Waals surface area contributed by atoms with Crippen LogP contribution in [0.4, 0.5) is 13.2 Å². The third-order valence-electron chi connectivity index (χ3n) is 6.24. The Morgan fingerprint density at radius 3 is 2.56 bits per heavy atom. The Bertz CT molecular complexity index is 697. The molecule has 7 heteroatoms. The van der Waals surface area contributed by atoms with Crippen molar-refractivity contribution in [1.82, 2.24) is 5.32 Å². The van der Waals surface area contributed by atoms with Gasteiger partial charge in [0, 0.05) is 5.92 Å². The molecule has 1 aromatic rings. The van der Waals surface area contributed by atoms with Gasteiger partial charge in [-0.2, -0.15) is 13.2 Å². The van der Waals surface area contributed by atoms with Crippen molar-refractivity contribution < 1.29 is 23.1 Å². The Kier molecular flexibility index (Phi) is 3.68. The minimum absolute atomic E-state index is 0.100. The quantitative estimate of drug-likeness (QED) is 0.796. The van der Waals surface area contributed by atoms with Gasteiger partial charge in [-0.15, -0.1) is 11.6 Å². The van der Waals surface area contributed by atoms with E-state index in [0.29, 0.717) is 24.3 Å². The second-order valence-electron chi connectivity index (χ2n) is 7.82. The Morgan fingerprint density at radius 1 is 1.28 bits per heavy atom. The molecule has 0 aliphatic heterocycles. The van der Waals surface area contributed by atoms with Gasteiger partial charge in [-0.3, -0.25) is 4.79 Å². The lowest BCUT2D eigenvalue weighted by Gasteiger charge is -2.43. The van der Waals surface area contributed by atoms with E-state index in [4.69, 9.17) is 11.6 Å². The van der Waals surface area contributed by atoms with Gasteiger partial charge in [0.25, 0.3) is 0 Å². The first-order valence-corrected chi connectivity index (χ1v) is 8.84. The lowest BCUT2D eigenvalue weighted by molar-refractivity contribution is -0.176. The van der Waals surface area contributed by atoms with E-state index in [-0.39, 0.29) is 5.92 Å². The first-order valence-electron chi connectivity index (χ1n) is 8.46. The minimum Gasteiger partial charge on any atom is -0.389 e. The number of alkyl halides is 4. The fourth-order valence-corrected chi connectivity index (χ4v) is 6.30. The molecule has 4 bridgehead atoms. The molecule has 4 aliphatic rings. The summed E-state index contributed by atoms with van der Waals surface area (Å²) in [4.78, 5) is 11.1. The first kappa shape index (κ1) is 17.2. The molecule has 0 spiro atoms. The summed E-state index contributed by atoms with van der Waals surface area (Å²) in [7, 11) is 0. The van der Waals surface area contributed by atoms with Gasteiger partial charge < -0.3 is 10.4 Å². The van der Waals surface area contributed by atoms with Crippen LogP contribution in [0.3, 0.4) is 0 Å². The van der Waals surface area contributed by atoms with Crippen LogP contribution in [0.2, 0.25) is 0 Å². The van der Waals surface area contributed by atoms with Crippen molar-refractivity contribution in [2.45, 2.75) is 48.4 Å². The van der Waals surface area contributed by atoms with Gasteiger partial charge in [0.1, 0.15) is 0 Å². The topological polar surface area (TPSA) is 49.3 Å². The predicted molar refractivity (Wildman–Crippen MR) is 85.9 cm³/mol. The number of hydrogen-bond donors (Lipinski definition) is 2. The van der Waals surface area contributed by atoms with Gasteiger partial charge in [0.15, 0.2) is 0 Å². The van der Waals surface area contributed by atoms with E-state index < -0.39 is 34.5 Å². The zero-order valence-electron chi connectivity index (χ0n) is 13.4. The van der Waals surface area contributed by atoms with Crippen LogP contribution in [0, 0.1) is 17.8 Å². The second kappa shape index (κ2) is 5.36. The molecule has 2 N–H and O–H groups in total. The highest BCUT2D eigenvalue weighted by Gasteiger charge is 2.70. The monoisotopic (exact) mass is 373 g/mol.